The van der Waals surface area contributed by atoms with Gasteiger partial charge in [-0.05, 0) is 29.0 Å². The van der Waals surface area contributed by atoms with Crippen LogP contribution in [-0.2, 0) is 4.79 Å². The van der Waals surface area contributed by atoms with Gasteiger partial charge < -0.3 is 10.1 Å². The van der Waals surface area contributed by atoms with Crippen LogP contribution in [0.3, 0.4) is 0 Å². The van der Waals surface area contributed by atoms with Crippen LogP contribution < -0.4 is 10.1 Å². The monoisotopic (exact) mass is 261 g/mol. The Morgan fingerprint density at radius 1 is 1.47 bits per heavy atom. The molecule has 1 heterocycles. The van der Waals surface area contributed by atoms with Crippen LogP contribution in [0.2, 0.25) is 0 Å². The van der Waals surface area contributed by atoms with Crippen LogP contribution in [0.4, 0.5) is 0 Å². The molecular formula is C12H15N5O2. The molecule has 0 bridgehead atoms. The normalized spacial score (nSPS) is 10.2. The van der Waals surface area contributed by atoms with Gasteiger partial charge >= 0.3 is 0 Å². The molecule has 2 aromatic rings. The van der Waals surface area contributed by atoms with E-state index >= 15 is 0 Å². The summed E-state index contributed by atoms with van der Waals surface area (Å²) in [4.78, 5) is 11.4. The second kappa shape index (κ2) is 6.48. The summed E-state index contributed by atoms with van der Waals surface area (Å²) >= 11 is 0. The van der Waals surface area contributed by atoms with Crippen LogP contribution in [0, 0.1) is 0 Å². The standard InChI is InChI=1S/C12H15N5O2/c1-2-6-13-12(18)8-19-11-5-3-4-10(7-11)17-9-14-15-16-17/h3-5,7,9H,2,6,8H2,1H3,(H,13,18). The van der Waals surface area contributed by atoms with Crippen LogP contribution >= 0.6 is 0 Å². The lowest BCUT2D eigenvalue weighted by molar-refractivity contribution is -0.123. The molecule has 19 heavy (non-hydrogen) atoms. The fraction of sp³-hybridized carbons (Fsp3) is 0.333. The van der Waals surface area contributed by atoms with E-state index in [-0.39, 0.29) is 12.5 Å². The summed E-state index contributed by atoms with van der Waals surface area (Å²) in [6, 6.07) is 7.21. The molecule has 0 saturated heterocycles. The predicted molar refractivity (Wildman–Crippen MR) is 67.9 cm³/mol. The van der Waals surface area contributed by atoms with Crippen molar-refractivity contribution in [2.75, 3.05) is 13.2 Å². The molecular weight excluding hydrogens is 246 g/mol. The first-order chi connectivity index (χ1) is 9.29. The first-order valence-electron chi connectivity index (χ1n) is 6.02. The van der Waals surface area contributed by atoms with Crippen molar-refractivity contribution in [2.45, 2.75) is 13.3 Å². The molecule has 1 aromatic heterocycles. The van der Waals surface area contributed by atoms with Crippen molar-refractivity contribution >= 4 is 5.91 Å². The first kappa shape index (κ1) is 13.0. The molecule has 1 aromatic carbocycles. The zero-order chi connectivity index (χ0) is 13.5. The van der Waals surface area contributed by atoms with Crippen LogP contribution in [0.25, 0.3) is 5.69 Å². The molecule has 0 spiro atoms. The number of nitrogens with one attached hydrogen (secondary N) is 1. The molecule has 0 fully saturated rings. The van der Waals surface area contributed by atoms with Gasteiger partial charge in [-0.3, -0.25) is 4.79 Å². The third-order valence-electron chi connectivity index (χ3n) is 2.37. The lowest BCUT2D eigenvalue weighted by atomic mass is 10.3. The number of ether oxygens (including phenoxy) is 1. The lowest BCUT2D eigenvalue weighted by Gasteiger charge is -2.07. The van der Waals surface area contributed by atoms with E-state index < -0.39 is 0 Å². The first-order valence-corrected chi connectivity index (χ1v) is 6.02. The van der Waals surface area contributed by atoms with E-state index in [0.717, 1.165) is 12.1 Å². The number of benzene rings is 1. The van der Waals surface area contributed by atoms with E-state index in [4.69, 9.17) is 4.74 Å². The fourth-order valence-electron chi connectivity index (χ4n) is 1.46. The highest BCUT2D eigenvalue weighted by molar-refractivity contribution is 5.77. The molecule has 0 aliphatic carbocycles. The Kier molecular flexibility index (Phi) is 4.44. The molecule has 1 N–H and O–H groups in total. The molecule has 0 atom stereocenters. The number of carbonyl (C=O) groups is 1. The molecule has 100 valence electrons. The molecule has 0 aliphatic heterocycles. The van der Waals surface area contributed by atoms with E-state index in [0.29, 0.717) is 12.3 Å². The number of amides is 1. The van der Waals surface area contributed by atoms with Crippen molar-refractivity contribution in [1.29, 1.82) is 0 Å². The van der Waals surface area contributed by atoms with Crippen molar-refractivity contribution in [3.8, 4) is 11.4 Å². The minimum Gasteiger partial charge on any atom is -0.484 e. The summed E-state index contributed by atoms with van der Waals surface area (Å²) in [7, 11) is 0. The van der Waals surface area contributed by atoms with Crippen LogP contribution in [0.5, 0.6) is 5.75 Å². The zero-order valence-corrected chi connectivity index (χ0v) is 10.6. The molecule has 7 nitrogen and oxygen atoms in total. The van der Waals surface area contributed by atoms with Gasteiger partial charge in [0.05, 0.1) is 5.69 Å². The van der Waals surface area contributed by atoms with E-state index in [1.165, 1.54) is 11.0 Å². The molecule has 7 heteroatoms. The van der Waals surface area contributed by atoms with E-state index in [1.54, 1.807) is 12.1 Å². The minimum absolute atomic E-state index is 0.000932. The number of aromatic nitrogens is 4. The van der Waals surface area contributed by atoms with Gasteiger partial charge in [0.1, 0.15) is 12.1 Å². The number of nitrogens with zero attached hydrogens (tertiary/aromatic N) is 4. The predicted octanol–water partition coefficient (Wildman–Crippen LogP) is 0.567. The largest absolute Gasteiger partial charge is 0.484 e. The maximum atomic E-state index is 11.4. The van der Waals surface area contributed by atoms with Gasteiger partial charge in [0.2, 0.25) is 0 Å². The summed E-state index contributed by atoms with van der Waals surface area (Å²) in [5.74, 6) is 0.467. The minimum atomic E-state index is -0.130. The summed E-state index contributed by atoms with van der Waals surface area (Å²) in [5, 5.41) is 13.7. The van der Waals surface area contributed by atoms with Crippen molar-refractivity contribution in [3.05, 3.63) is 30.6 Å². The van der Waals surface area contributed by atoms with E-state index in [2.05, 4.69) is 20.8 Å². The van der Waals surface area contributed by atoms with Gasteiger partial charge in [0, 0.05) is 12.6 Å². The lowest BCUT2D eigenvalue weighted by Crippen LogP contribution is -2.29. The second-order valence-electron chi connectivity index (χ2n) is 3.89. The van der Waals surface area contributed by atoms with Crippen molar-refractivity contribution in [3.63, 3.8) is 0 Å². The summed E-state index contributed by atoms with van der Waals surface area (Å²) in [6.45, 7) is 2.66. The maximum Gasteiger partial charge on any atom is 0.257 e. The number of tetrazole rings is 1. The van der Waals surface area contributed by atoms with Gasteiger partial charge in [-0.15, -0.1) is 5.10 Å². The number of rotatable bonds is 6. The van der Waals surface area contributed by atoms with Gasteiger partial charge in [-0.25, -0.2) is 4.68 Å². The van der Waals surface area contributed by atoms with Crippen LogP contribution in [0.1, 0.15) is 13.3 Å². The topological polar surface area (TPSA) is 81.9 Å². The average molecular weight is 261 g/mol. The smallest absolute Gasteiger partial charge is 0.257 e. The van der Waals surface area contributed by atoms with Crippen LogP contribution in [0.15, 0.2) is 30.6 Å². The summed E-state index contributed by atoms with van der Waals surface area (Å²) < 4.78 is 6.93. The molecule has 2 rings (SSSR count). The molecule has 0 saturated carbocycles. The summed E-state index contributed by atoms with van der Waals surface area (Å²) in [6.07, 6.45) is 2.40. The third-order valence-corrected chi connectivity index (χ3v) is 2.37. The van der Waals surface area contributed by atoms with Crippen molar-refractivity contribution in [2.24, 2.45) is 0 Å². The third kappa shape index (κ3) is 3.77. The quantitative estimate of drug-likeness (QED) is 0.822. The van der Waals surface area contributed by atoms with Gasteiger partial charge in [-0.2, -0.15) is 0 Å². The van der Waals surface area contributed by atoms with Crippen molar-refractivity contribution in [1.82, 2.24) is 25.5 Å². The highest BCUT2D eigenvalue weighted by atomic mass is 16.5. The van der Waals surface area contributed by atoms with Crippen LogP contribution in [-0.4, -0.2) is 39.3 Å². The fourth-order valence-corrected chi connectivity index (χ4v) is 1.46. The van der Waals surface area contributed by atoms with Crippen molar-refractivity contribution < 1.29 is 9.53 Å². The van der Waals surface area contributed by atoms with E-state index in [9.17, 15) is 4.79 Å². The molecule has 0 aliphatic rings. The Hall–Kier alpha value is -2.44. The van der Waals surface area contributed by atoms with Gasteiger partial charge in [-0.1, -0.05) is 13.0 Å². The zero-order valence-electron chi connectivity index (χ0n) is 10.6. The number of hydrogen-bond acceptors (Lipinski definition) is 5. The highest BCUT2D eigenvalue weighted by Crippen LogP contribution is 2.15. The summed E-state index contributed by atoms with van der Waals surface area (Å²) in [5.41, 5.74) is 0.775. The number of carbonyl (C=O) groups excluding carboxylic acids is 1. The Morgan fingerprint density at radius 3 is 3.11 bits per heavy atom. The maximum absolute atomic E-state index is 11.4. The Morgan fingerprint density at radius 2 is 2.37 bits per heavy atom. The van der Waals surface area contributed by atoms with E-state index in [1.807, 2.05) is 19.1 Å². The molecule has 1 amide bonds. The van der Waals surface area contributed by atoms with Gasteiger partial charge in [0.15, 0.2) is 6.61 Å². The molecule has 0 radical (unpaired) electrons. The SMILES string of the molecule is CCCNC(=O)COc1cccc(-n2cnnn2)c1. The highest BCUT2D eigenvalue weighted by Gasteiger charge is 2.03. The Balaban J connectivity index is 1.94. The molecule has 0 unspecified atom stereocenters. The Labute approximate surface area is 110 Å². The number of hydrogen-bond donors (Lipinski definition) is 1. The Bertz CT molecular complexity index is 527. The second-order valence-corrected chi connectivity index (χ2v) is 3.89. The van der Waals surface area contributed by atoms with Gasteiger partial charge in [0.25, 0.3) is 5.91 Å². The average Bonchev–Trinajstić information content (AvgIpc) is 2.97.